The van der Waals surface area contributed by atoms with E-state index in [1.54, 1.807) is 0 Å². The Hall–Kier alpha value is -0.570. The second kappa shape index (κ2) is 19.8. The van der Waals surface area contributed by atoms with Gasteiger partial charge in [0.2, 0.25) is 0 Å². The molecule has 3 heteroatoms. The van der Waals surface area contributed by atoms with Crippen molar-refractivity contribution in [2.24, 2.45) is 0 Å². The normalized spacial score (nSPS) is 12.2. The van der Waals surface area contributed by atoms with E-state index in [0.29, 0.717) is 0 Å². The zero-order chi connectivity index (χ0) is 18.6. The molecule has 0 aromatic rings. The molecule has 0 aromatic heterocycles. The second-order valence-corrected chi connectivity index (χ2v) is 7.94. The van der Waals surface area contributed by atoms with Crippen LogP contribution in [0, 0.1) is 0 Å². The van der Waals surface area contributed by atoms with Crippen LogP contribution < -0.4 is 0 Å². The largest absolute Gasteiger partial charge is 0.481 e. The summed E-state index contributed by atoms with van der Waals surface area (Å²) in [7, 11) is 0. The van der Waals surface area contributed by atoms with Crippen LogP contribution in [0.4, 0.5) is 0 Å². The first-order chi connectivity index (χ1) is 12.2. The summed E-state index contributed by atoms with van der Waals surface area (Å²) in [5, 5.41) is 8.58. The minimum Gasteiger partial charge on any atom is -0.481 e. The summed E-state index contributed by atoms with van der Waals surface area (Å²) >= 11 is 3.56. The fourth-order valence-electron chi connectivity index (χ4n) is 2.82. The van der Waals surface area contributed by atoms with Crippen molar-refractivity contribution in [1.29, 1.82) is 0 Å². The monoisotopic (exact) mass is 414 g/mol. The molecule has 1 N–H and O–H groups in total. The Kier molecular flexibility index (Phi) is 19.3. The molecule has 0 aliphatic rings. The molecule has 0 bridgehead atoms. The van der Waals surface area contributed by atoms with E-state index in [4.69, 9.17) is 5.11 Å². The number of hydrogen-bond acceptors (Lipinski definition) is 1. The molecule has 0 atom stereocenters. The highest BCUT2D eigenvalue weighted by Gasteiger charge is 1.96. The molecule has 0 aromatic carbocycles. The molecule has 0 aliphatic carbocycles. The van der Waals surface area contributed by atoms with E-state index >= 15 is 0 Å². The quantitative estimate of drug-likeness (QED) is 0.181. The summed E-state index contributed by atoms with van der Waals surface area (Å²) < 4.78 is 1.20. The maximum atomic E-state index is 10.4. The number of halogens is 1. The summed E-state index contributed by atoms with van der Waals surface area (Å²) in [6, 6.07) is 0. The topological polar surface area (TPSA) is 37.3 Å². The molecular formula is C22H39BrO2. The first-order valence-corrected chi connectivity index (χ1v) is 11.2. The molecule has 0 rings (SSSR count). The van der Waals surface area contributed by atoms with Crippen LogP contribution in [0.3, 0.4) is 0 Å². The predicted molar refractivity (Wildman–Crippen MR) is 113 cm³/mol. The molecule has 0 amide bonds. The minimum atomic E-state index is -0.709. The van der Waals surface area contributed by atoms with E-state index in [1.807, 2.05) is 0 Å². The summed E-state index contributed by atoms with van der Waals surface area (Å²) in [6.07, 6.45) is 25.8. The number of unbranched alkanes of at least 4 members (excludes halogenated alkanes) is 11. The van der Waals surface area contributed by atoms with Gasteiger partial charge in [0.05, 0.1) is 0 Å². The molecule has 0 saturated heterocycles. The van der Waals surface area contributed by atoms with Crippen LogP contribution in [0.15, 0.2) is 22.7 Å². The van der Waals surface area contributed by atoms with Crippen LogP contribution in [0.2, 0.25) is 0 Å². The standard InChI is InChI=1S/C22H39BrO2/c1-2-3-4-5-6-7-8-9-10-11-12-13-14-15-18-21(23)19-16-17-20-22(24)25/h13-14,19H,2-12,15-18,20H2,1H3,(H,24,25). The van der Waals surface area contributed by atoms with Gasteiger partial charge in [-0.05, 0) is 43.0 Å². The molecule has 2 nitrogen and oxygen atoms in total. The van der Waals surface area contributed by atoms with Gasteiger partial charge in [0.1, 0.15) is 0 Å². The molecule has 0 unspecified atom stereocenters. The highest BCUT2D eigenvalue weighted by atomic mass is 79.9. The summed E-state index contributed by atoms with van der Waals surface area (Å²) in [5.41, 5.74) is 0. The Balaban J connectivity index is 3.32. The highest BCUT2D eigenvalue weighted by Crippen LogP contribution is 2.16. The predicted octanol–water partition coefficient (Wildman–Crippen LogP) is 8.17. The van der Waals surface area contributed by atoms with Crippen molar-refractivity contribution in [2.45, 2.75) is 110 Å². The SMILES string of the molecule is CCCCCCCCCCCCC=CCCC(Br)=CCCCC(=O)O. The fourth-order valence-corrected chi connectivity index (χ4v) is 3.28. The summed E-state index contributed by atoms with van der Waals surface area (Å²) in [4.78, 5) is 10.4. The fraction of sp³-hybridized carbons (Fsp3) is 0.773. The van der Waals surface area contributed by atoms with Crippen LogP contribution in [0.25, 0.3) is 0 Å². The summed E-state index contributed by atoms with van der Waals surface area (Å²) in [5.74, 6) is -0.709. The van der Waals surface area contributed by atoms with E-state index in [0.717, 1.165) is 25.7 Å². The lowest BCUT2D eigenvalue weighted by molar-refractivity contribution is -0.137. The zero-order valence-corrected chi connectivity index (χ0v) is 17.9. The third-order valence-electron chi connectivity index (χ3n) is 4.40. The number of aliphatic carboxylic acids is 1. The highest BCUT2D eigenvalue weighted by molar-refractivity contribution is 9.11. The number of rotatable bonds is 18. The van der Waals surface area contributed by atoms with Crippen molar-refractivity contribution in [3.05, 3.63) is 22.7 Å². The third kappa shape index (κ3) is 21.4. The van der Waals surface area contributed by atoms with Gasteiger partial charge in [-0.3, -0.25) is 4.79 Å². The zero-order valence-electron chi connectivity index (χ0n) is 16.3. The van der Waals surface area contributed by atoms with Crippen LogP contribution in [-0.4, -0.2) is 11.1 Å². The minimum absolute atomic E-state index is 0.259. The van der Waals surface area contributed by atoms with Crippen molar-refractivity contribution in [3.63, 3.8) is 0 Å². The molecule has 0 fully saturated rings. The van der Waals surface area contributed by atoms with Gasteiger partial charge >= 0.3 is 5.97 Å². The van der Waals surface area contributed by atoms with Gasteiger partial charge in [-0.2, -0.15) is 0 Å². The molecule has 0 saturated carbocycles. The molecule has 0 aliphatic heterocycles. The molecule has 0 heterocycles. The van der Waals surface area contributed by atoms with Gasteiger partial charge in [-0.15, -0.1) is 0 Å². The van der Waals surface area contributed by atoms with Crippen LogP contribution in [-0.2, 0) is 4.79 Å². The molecule has 25 heavy (non-hydrogen) atoms. The lowest BCUT2D eigenvalue weighted by atomic mass is 10.1. The van der Waals surface area contributed by atoms with Gasteiger partial charge in [-0.1, -0.05) is 98.9 Å². The number of carbonyl (C=O) groups is 1. The smallest absolute Gasteiger partial charge is 0.303 e. The van der Waals surface area contributed by atoms with Crippen molar-refractivity contribution >= 4 is 21.9 Å². The second-order valence-electron chi connectivity index (χ2n) is 6.92. The van der Waals surface area contributed by atoms with E-state index in [9.17, 15) is 4.79 Å². The van der Waals surface area contributed by atoms with E-state index in [1.165, 1.54) is 75.1 Å². The van der Waals surface area contributed by atoms with Crippen molar-refractivity contribution in [3.8, 4) is 0 Å². The number of hydrogen-bond donors (Lipinski definition) is 1. The Morgan fingerprint density at radius 1 is 0.760 bits per heavy atom. The first kappa shape index (κ1) is 24.4. The van der Waals surface area contributed by atoms with Gasteiger partial charge < -0.3 is 5.11 Å². The first-order valence-electron chi connectivity index (χ1n) is 10.4. The Bertz CT molecular complexity index is 361. The van der Waals surface area contributed by atoms with E-state index in [-0.39, 0.29) is 6.42 Å². The maximum Gasteiger partial charge on any atom is 0.303 e. The number of carboxylic acid groups (broad SMARTS) is 1. The van der Waals surface area contributed by atoms with Gasteiger partial charge in [0.25, 0.3) is 0 Å². The van der Waals surface area contributed by atoms with Crippen LogP contribution >= 0.6 is 15.9 Å². The van der Waals surface area contributed by atoms with E-state index < -0.39 is 5.97 Å². The molecular weight excluding hydrogens is 376 g/mol. The van der Waals surface area contributed by atoms with Gasteiger partial charge in [-0.25, -0.2) is 0 Å². The molecule has 0 radical (unpaired) electrons. The van der Waals surface area contributed by atoms with Crippen molar-refractivity contribution in [1.82, 2.24) is 0 Å². The lowest BCUT2D eigenvalue weighted by Gasteiger charge is -2.01. The number of carboxylic acids is 1. The van der Waals surface area contributed by atoms with E-state index in [2.05, 4.69) is 41.1 Å². The number of allylic oxidation sites excluding steroid dienone is 4. The van der Waals surface area contributed by atoms with Crippen molar-refractivity contribution in [2.75, 3.05) is 0 Å². The average Bonchev–Trinajstić information content (AvgIpc) is 2.59. The molecule has 146 valence electrons. The van der Waals surface area contributed by atoms with Gasteiger partial charge in [0, 0.05) is 6.42 Å². The Morgan fingerprint density at radius 2 is 1.32 bits per heavy atom. The van der Waals surface area contributed by atoms with Crippen LogP contribution in [0.1, 0.15) is 110 Å². The lowest BCUT2D eigenvalue weighted by Crippen LogP contribution is -1.92. The summed E-state index contributed by atoms with van der Waals surface area (Å²) in [6.45, 7) is 2.27. The molecule has 0 spiro atoms. The Morgan fingerprint density at radius 3 is 1.92 bits per heavy atom. The third-order valence-corrected chi connectivity index (χ3v) is 5.12. The Labute approximate surface area is 164 Å². The van der Waals surface area contributed by atoms with Crippen LogP contribution in [0.5, 0.6) is 0 Å². The maximum absolute atomic E-state index is 10.4. The van der Waals surface area contributed by atoms with Gasteiger partial charge in [0.15, 0.2) is 0 Å². The average molecular weight is 415 g/mol. The van der Waals surface area contributed by atoms with Crippen molar-refractivity contribution < 1.29 is 9.90 Å².